The number of carbonyl (C=O) groups is 1. The predicted octanol–water partition coefficient (Wildman–Crippen LogP) is 3.75. The van der Waals surface area contributed by atoms with Crippen LogP contribution in [0.15, 0.2) is 48.5 Å². The van der Waals surface area contributed by atoms with Crippen LogP contribution in [0.2, 0.25) is 5.02 Å². The minimum atomic E-state index is -0.708. The summed E-state index contributed by atoms with van der Waals surface area (Å²) in [7, 11) is 0. The molecule has 0 spiro atoms. The largest absolute Gasteiger partial charge is 0.392 e. The molecule has 0 fully saturated rings. The summed E-state index contributed by atoms with van der Waals surface area (Å²) in [6.45, 7) is 3.65. The number of carbonyl (C=O) groups excluding carboxylic acids is 1. The van der Waals surface area contributed by atoms with Crippen molar-refractivity contribution < 1.29 is 9.90 Å². The van der Waals surface area contributed by atoms with Gasteiger partial charge in [0.2, 0.25) is 5.91 Å². The van der Waals surface area contributed by atoms with Gasteiger partial charge in [-0.2, -0.15) is 0 Å². The third kappa shape index (κ3) is 3.63. The number of hydrogen-bond acceptors (Lipinski definition) is 2. The van der Waals surface area contributed by atoms with E-state index in [1.54, 1.807) is 36.4 Å². The van der Waals surface area contributed by atoms with Crippen molar-refractivity contribution >= 4 is 23.2 Å². The molecule has 0 unspecified atom stereocenters. The van der Waals surface area contributed by atoms with Crippen molar-refractivity contribution in [3.8, 4) is 0 Å². The molecule has 0 aliphatic heterocycles. The van der Waals surface area contributed by atoms with E-state index in [9.17, 15) is 4.79 Å². The molecule has 21 heavy (non-hydrogen) atoms. The van der Waals surface area contributed by atoms with Crippen LogP contribution in [0.25, 0.3) is 0 Å². The van der Waals surface area contributed by atoms with Gasteiger partial charge >= 0.3 is 0 Å². The molecular formula is C17H18ClNO2. The lowest BCUT2D eigenvalue weighted by Gasteiger charge is -2.24. The number of benzene rings is 2. The number of aliphatic hydroxyl groups excluding tert-OH is 1. The predicted molar refractivity (Wildman–Crippen MR) is 85.5 cm³/mol. The molecule has 4 heteroatoms. The van der Waals surface area contributed by atoms with Gasteiger partial charge in [0.15, 0.2) is 0 Å². The first kappa shape index (κ1) is 15.5. The molecule has 2 aromatic carbocycles. The molecule has 110 valence electrons. The van der Waals surface area contributed by atoms with Gasteiger partial charge in [0.1, 0.15) is 0 Å². The van der Waals surface area contributed by atoms with Crippen LogP contribution in [0.1, 0.15) is 25.0 Å². The van der Waals surface area contributed by atoms with E-state index in [-0.39, 0.29) is 12.5 Å². The number of hydrogen-bond donors (Lipinski definition) is 2. The maximum Gasteiger partial charge on any atom is 0.234 e. The van der Waals surface area contributed by atoms with Crippen molar-refractivity contribution in [2.75, 3.05) is 5.32 Å². The van der Waals surface area contributed by atoms with Crippen LogP contribution in [0.4, 0.5) is 5.69 Å². The number of rotatable bonds is 4. The molecule has 3 nitrogen and oxygen atoms in total. The Kier molecular flexibility index (Phi) is 4.66. The molecule has 2 aromatic rings. The zero-order chi connectivity index (χ0) is 15.5. The second-order valence-corrected chi connectivity index (χ2v) is 5.88. The molecule has 0 aromatic heterocycles. The minimum absolute atomic E-state index is 0.0542. The zero-order valence-electron chi connectivity index (χ0n) is 12.1. The van der Waals surface area contributed by atoms with Crippen LogP contribution in [0, 0.1) is 0 Å². The maximum absolute atomic E-state index is 12.5. The molecule has 2 N–H and O–H groups in total. The van der Waals surface area contributed by atoms with Crippen LogP contribution >= 0.6 is 11.6 Å². The van der Waals surface area contributed by atoms with Gasteiger partial charge in [-0.05, 0) is 49.2 Å². The van der Waals surface area contributed by atoms with Crippen LogP contribution in [-0.4, -0.2) is 11.0 Å². The fourth-order valence-corrected chi connectivity index (χ4v) is 2.23. The average molecular weight is 304 g/mol. The van der Waals surface area contributed by atoms with E-state index in [1.807, 2.05) is 26.0 Å². The van der Waals surface area contributed by atoms with Crippen molar-refractivity contribution in [3.63, 3.8) is 0 Å². The van der Waals surface area contributed by atoms with Gasteiger partial charge in [-0.3, -0.25) is 4.79 Å². The Balaban J connectivity index is 2.22. The van der Waals surface area contributed by atoms with Crippen molar-refractivity contribution in [3.05, 3.63) is 64.7 Å². The fraction of sp³-hybridized carbons (Fsp3) is 0.235. The third-order valence-corrected chi connectivity index (χ3v) is 3.72. The van der Waals surface area contributed by atoms with Gasteiger partial charge in [-0.25, -0.2) is 0 Å². The van der Waals surface area contributed by atoms with Crippen molar-refractivity contribution in [2.24, 2.45) is 0 Å². The number of aliphatic hydroxyl groups is 1. The Bertz CT molecular complexity index is 653. The standard InChI is InChI=1S/C17H18ClNO2/c1-17(2,13-6-4-7-14(18)10-13)16(21)19-15-8-3-5-12(9-15)11-20/h3-10,20H,11H2,1-2H3,(H,19,21). The summed E-state index contributed by atoms with van der Waals surface area (Å²) < 4.78 is 0. The number of nitrogens with one attached hydrogen (secondary N) is 1. The summed E-state index contributed by atoms with van der Waals surface area (Å²) in [5.41, 5.74) is 1.57. The zero-order valence-corrected chi connectivity index (χ0v) is 12.8. The Morgan fingerprint density at radius 2 is 1.90 bits per heavy atom. The topological polar surface area (TPSA) is 49.3 Å². The highest BCUT2D eigenvalue weighted by Gasteiger charge is 2.30. The van der Waals surface area contributed by atoms with Gasteiger partial charge < -0.3 is 10.4 Å². The summed E-state index contributed by atoms with van der Waals surface area (Å²) >= 11 is 6.00. The summed E-state index contributed by atoms with van der Waals surface area (Å²) in [5.74, 6) is -0.125. The number of anilines is 1. The van der Waals surface area contributed by atoms with Crippen molar-refractivity contribution in [2.45, 2.75) is 25.9 Å². The number of amides is 1. The quantitative estimate of drug-likeness (QED) is 0.904. The van der Waals surface area contributed by atoms with E-state index in [2.05, 4.69) is 5.32 Å². The van der Waals surface area contributed by atoms with E-state index in [0.29, 0.717) is 10.7 Å². The Hall–Kier alpha value is -1.84. The normalized spacial score (nSPS) is 11.2. The first-order valence-electron chi connectivity index (χ1n) is 6.71. The molecule has 0 bridgehead atoms. The van der Waals surface area contributed by atoms with Crippen LogP contribution in [-0.2, 0) is 16.8 Å². The Labute approximate surface area is 129 Å². The fourth-order valence-electron chi connectivity index (χ4n) is 2.04. The van der Waals surface area contributed by atoms with Gasteiger partial charge in [-0.15, -0.1) is 0 Å². The van der Waals surface area contributed by atoms with Gasteiger partial charge in [0.25, 0.3) is 0 Å². The Morgan fingerprint density at radius 1 is 1.19 bits per heavy atom. The lowest BCUT2D eigenvalue weighted by atomic mass is 9.83. The lowest BCUT2D eigenvalue weighted by Crippen LogP contribution is -2.34. The SMILES string of the molecule is CC(C)(C(=O)Nc1cccc(CO)c1)c1cccc(Cl)c1. The molecule has 0 atom stereocenters. The van der Waals surface area contributed by atoms with Gasteiger partial charge in [-0.1, -0.05) is 35.9 Å². The van der Waals surface area contributed by atoms with Gasteiger partial charge in [0.05, 0.1) is 12.0 Å². The Morgan fingerprint density at radius 3 is 2.57 bits per heavy atom. The molecular weight excluding hydrogens is 286 g/mol. The van der Waals surface area contributed by atoms with Crippen LogP contribution in [0.5, 0.6) is 0 Å². The summed E-state index contributed by atoms with van der Waals surface area (Å²) in [6, 6.07) is 14.5. The van der Waals surface area contributed by atoms with E-state index < -0.39 is 5.41 Å². The van der Waals surface area contributed by atoms with E-state index in [4.69, 9.17) is 16.7 Å². The highest BCUT2D eigenvalue weighted by Crippen LogP contribution is 2.27. The van der Waals surface area contributed by atoms with Crippen LogP contribution in [0.3, 0.4) is 0 Å². The van der Waals surface area contributed by atoms with Crippen molar-refractivity contribution in [1.82, 2.24) is 0 Å². The van der Waals surface area contributed by atoms with Gasteiger partial charge in [0, 0.05) is 10.7 Å². The summed E-state index contributed by atoms with van der Waals surface area (Å²) in [4.78, 5) is 12.5. The minimum Gasteiger partial charge on any atom is -0.392 e. The molecule has 1 amide bonds. The monoisotopic (exact) mass is 303 g/mol. The highest BCUT2D eigenvalue weighted by atomic mass is 35.5. The highest BCUT2D eigenvalue weighted by molar-refractivity contribution is 6.30. The van der Waals surface area contributed by atoms with Crippen LogP contribution < -0.4 is 5.32 Å². The molecule has 2 rings (SSSR count). The first-order chi connectivity index (χ1) is 9.93. The molecule has 0 radical (unpaired) electrons. The summed E-state index contributed by atoms with van der Waals surface area (Å²) in [5, 5.41) is 12.6. The molecule has 0 saturated heterocycles. The van der Waals surface area contributed by atoms with Crippen molar-refractivity contribution in [1.29, 1.82) is 0 Å². The molecule has 0 aliphatic rings. The van der Waals surface area contributed by atoms with E-state index in [1.165, 1.54) is 0 Å². The van der Waals surface area contributed by atoms with E-state index in [0.717, 1.165) is 11.1 Å². The lowest BCUT2D eigenvalue weighted by molar-refractivity contribution is -0.120. The molecule has 0 saturated carbocycles. The van der Waals surface area contributed by atoms with E-state index >= 15 is 0 Å². The molecule has 0 heterocycles. The average Bonchev–Trinajstić information content (AvgIpc) is 2.47. The third-order valence-electron chi connectivity index (χ3n) is 3.48. The number of halogens is 1. The maximum atomic E-state index is 12.5. The first-order valence-corrected chi connectivity index (χ1v) is 7.08. The summed E-state index contributed by atoms with van der Waals surface area (Å²) in [6.07, 6.45) is 0. The smallest absolute Gasteiger partial charge is 0.234 e. The molecule has 0 aliphatic carbocycles. The second kappa shape index (κ2) is 6.29. The second-order valence-electron chi connectivity index (χ2n) is 5.45.